The monoisotopic (exact) mass is 481 g/mol. The Morgan fingerprint density at radius 2 is 1.76 bits per heavy atom. The Balaban J connectivity index is 1.73. The molecule has 0 saturated heterocycles. The largest absolute Gasteiger partial charge is 0.483 e. The van der Waals surface area contributed by atoms with E-state index in [0.717, 1.165) is 24.1 Å². The van der Waals surface area contributed by atoms with Crippen LogP contribution in [0.1, 0.15) is 43.9 Å². The molecule has 1 aliphatic heterocycles. The Morgan fingerprint density at radius 1 is 1.03 bits per heavy atom. The Morgan fingerprint density at radius 3 is 2.50 bits per heavy atom. The van der Waals surface area contributed by atoms with Crippen LogP contribution in [0.2, 0.25) is 0 Å². The van der Waals surface area contributed by atoms with Crippen LogP contribution in [0.5, 0.6) is 5.75 Å². The number of esters is 1. The molecule has 3 rings (SSSR count). The number of rotatable bonds is 11. The highest BCUT2D eigenvalue weighted by molar-refractivity contribution is 7.80. The zero-order valence-electron chi connectivity index (χ0n) is 19.6. The van der Waals surface area contributed by atoms with Gasteiger partial charge in [-0.2, -0.15) is 0 Å². The van der Waals surface area contributed by atoms with Crippen molar-refractivity contribution < 1.29 is 19.1 Å². The van der Waals surface area contributed by atoms with E-state index in [0.29, 0.717) is 35.0 Å². The van der Waals surface area contributed by atoms with Crippen molar-refractivity contribution in [3.8, 4) is 5.75 Å². The van der Waals surface area contributed by atoms with Crippen LogP contribution in [0.3, 0.4) is 0 Å². The summed E-state index contributed by atoms with van der Waals surface area (Å²) in [5.41, 5.74) is 3.08. The van der Waals surface area contributed by atoms with Crippen LogP contribution in [0, 0.1) is 0 Å². The minimum Gasteiger partial charge on any atom is -0.483 e. The first kappa shape index (κ1) is 25.2. The number of hydrogen-bond acceptors (Lipinski definition) is 5. The van der Waals surface area contributed by atoms with E-state index in [9.17, 15) is 9.59 Å². The summed E-state index contributed by atoms with van der Waals surface area (Å²) in [5, 5.41) is 9.59. The van der Waals surface area contributed by atoms with Crippen molar-refractivity contribution in [2.75, 3.05) is 19.8 Å². The minimum absolute atomic E-state index is 0.137. The van der Waals surface area contributed by atoms with Crippen molar-refractivity contribution in [1.29, 1.82) is 0 Å². The highest BCUT2D eigenvalue weighted by Crippen LogP contribution is 2.34. The first-order valence-corrected chi connectivity index (χ1v) is 11.9. The lowest BCUT2D eigenvalue weighted by molar-refractivity contribution is -0.139. The number of thiocarbonyl (C=S) groups is 1. The fourth-order valence-electron chi connectivity index (χ4n) is 3.78. The van der Waals surface area contributed by atoms with Gasteiger partial charge in [-0.05, 0) is 43.6 Å². The Bertz CT molecular complexity index is 1040. The highest BCUT2D eigenvalue weighted by Gasteiger charge is 2.33. The molecule has 0 spiro atoms. The number of carbonyl (C=O) groups is 2. The number of ether oxygens (including phenoxy) is 2. The van der Waals surface area contributed by atoms with Crippen LogP contribution in [0.15, 0.2) is 65.9 Å². The Labute approximate surface area is 205 Å². The fourth-order valence-corrected chi connectivity index (χ4v) is 4.03. The van der Waals surface area contributed by atoms with Gasteiger partial charge in [-0.3, -0.25) is 4.79 Å². The van der Waals surface area contributed by atoms with Gasteiger partial charge in [0.05, 0.1) is 18.2 Å². The molecule has 1 aliphatic rings. The number of nitrogens with one attached hydrogen (secondary N) is 3. The number of allylic oxidation sites excluding steroid dienone is 1. The van der Waals surface area contributed by atoms with Crippen LogP contribution < -0.4 is 20.7 Å². The molecule has 0 aromatic heterocycles. The molecule has 2 aromatic rings. The molecule has 1 atom stereocenters. The average Bonchev–Trinajstić information content (AvgIpc) is 2.83. The van der Waals surface area contributed by atoms with Crippen molar-refractivity contribution >= 4 is 29.2 Å². The van der Waals surface area contributed by atoms with E-state index in [1.54, 1.807) is 13.0 Å². The van der Waals surface area contributed by atoms with E-state index >= 15 is 0 Å². The van der Waals surface area contributed by atoms with Crippen molar-refractivity contribution in [2.45, 2.75) is 39.2 Å². The Hall–Kier alpha value is -3.39. The number of carbonyl (C=O) groups excluding carboxylic acids is 2. The molecule has 0 aliphatic carbocycles. The molecular weight excluding hydrogens is 450 g/mol. The summed E-state index contributed by atoms with van der Waals surface area (Å²) in [6.45, 7) is 4.45. The third-order valence-electron chi connectivity index (χ3n) is 5.32. The second kappa shape index (κ2) is 12.7. The van der Waals surface area contributed by atoms with Crippen LogP contribution in [0.4, 0.5) is 0 Å². The first-order chi connectivity index (χ1) is 16.5. The zero-order chi connectivity index (χ0) is 24.3. The second-order valence-electron chi connectivity index (χ2n) is 7.81. The molecule has 180 valence electrons. The van der Waals surface area contributed by atoms with E-state index in [2.05, 4.69) is 16.0 Å². The summed E-state index contributed by atoms with van der Waals surface area (Å²) in [5.74, 6) is -0.125. The maximum absolute atomic E-state index is 12.9. The summed E-state index contributed by atoms with van der Waals surface area (Å²) in [7, 11) is 0. The zero-order valence-corrected chi connectivity index (χ0v) is 20.4. The lowest BCUT2D eigenvalue weighted by atomic mass is 9.93. The van der Waals surface area contributed by atoms with E-state index in [1.165, 1.54) is 0 Å². The van der Waals surface area contributed by atoms with Gasteiger partial charge in [0.15, 0.2) is 11.7 Å². The van der Waals surface area contributed by atoms with Crippen LogP contribution in [0.25, 0.3) is 0 Å². The van der Waals surface area contributed by atoms with E-state index in [4.69, 9.17) is 21.7 Å². The molecule has 0 bridgehead atoms. The van der Waals surface area contributed by atoms with Gasteiger partial charge in [0, 0.05) is 17.8 Å². The van der Waals surface area contributed by atoms with Crippen molar-refractivity contribution in [1.82, 2.24) is 16.0 Å². The van der Waals surface area contributed by atoms with Crippen LogP contribution in [-0.4, -0.2) is 36.7 Å². The maximum atomic E-state index is 12.9. The normalized spacial score (nSPS) is 15.2. The first-order valence-electron chi connectivity index (χ1n) is 11.5. The number of amides is 1. The third-order valence-corrected chi connectivity index (χ3v) is 5.54. The smallest absolute Gasteiger partial charge is 0.338 e. The van der Waals surface area contributed by atoms with Crippen LogP contribution >= 0.6 is 12.2 Å². The van der Waals surface area contributed by atoms with Gasteiger partial charge in [-0.15, -0.1) is 0 Å². The summed E-state index contributed by atoms with van der Waals surface area (Å²) in [6, 6.07) is 16.7. The predicted molar refractivity (Wildman–Crippen MR) is 135 cm³/mol. The summed E-state index contributed by atoms with van der Waals surface area (Å²) in [4.78, 5) is 25.3. The Kier molecular flexibility index (Phi) is 9.46. The molecule has 0 fully saturated rings. The second-order valence-corrected chi connectivity index (χ2v) is 8.21. The molecule has 0 saturated carbocycles. The lowest BCUT2D eigenvalue weighted by Crippen LogP contribution is -2.46. The summed E-state index contributed by atoms with van der Waals surface area (Å²) < 4.78 is 11.2. The molecule has 34 heavy (non-hydrogen) atoms. The number of hydrogen-bond donors (Lipinski definition) is 3. The van der Waals surface area contributed by atoms with Gasteiger partial charge in [-0.25, -0.2) is 4.79 Å². The fraction of sp³-hybridized carbons (Fsp3) is 0.346. The molecule has 0 unspecified atom stereocenters. The number of para-hydroxylation sites is 1. The van der Waals surface area contributed by atoms with Gasteiger partial charge in [0.1, 0.15) is 5.75 Å². The van der Waals surface area contributed by atoms with Gasteiger partial charge in [0.25, 0.3) is 5.91 Å². The van der Waals surface area contributed by atoms with Gasteiger partial charge in [0.2, 0.25) is 0 Å². The molecule has 1 heterocycles. The van der Waals surface area contributed by atoms with Crippen LogP contribution in [-0.2, 0) is 20.7 Å². The highest BCUT2D eigenvalue weighted by atomic mass is 32.1. The minimum atomic E-state index is -0.549. The molecule has 8 heteroatoms. The van der Waals surface area contributed by atoms with Gasteiger partial charge in [-0.1, -0.05) is 61.9 Å². The maximum Gasteiger partial charge on any atom is 0.338 e. The molecule has 3 N–H and O–H groups in total. The van der Waals surface area contributed by atoms with Gasteiger partial charge < -0.3 is 25.4 Å². The van der Waals surface area contributed by atoms with E-state index in [1.807, 2.05) is 55.5 Å². The van der Waals surface area contributed by atoms with Crippen molar-refractivity contribution in [3.63, 3.8) is 0 Å². The van der Waals surface area contributed by atoms with Gasteiger partial charge >= 0.3 is 5.97 Å². The standard InChI is InChI=1S/C26H31N3O4S/c1-3-10-20-23(25(31)32-4-2)24(29-26(34)28-20)19-13-8-9-14-21(19)33-17-22(30)27-16-15-18-11-6-5-7-12-18/h5-9,11-14,24H,3-4,10,15-17H2,1-2H3,(H,27,30)(H2,28,29,34)/t24-/m0/s1. The van der Waals surface area contributed by atoms with Crippen molar-refractivity contribution in [3.05, 3.63) is 77.0 Å². The third kappa shape index (κ3) is 6.81. The number of benzene rings is 2. The summed E-state index contributed by atoms with van der Waals surface area (Å²) in [6.07, 6.45) is 2.23. The molecule has 2 aromatic carbocycles. The SMILES string of the molecule is CCCC1=C(C(=O)OCC)[C@H](c2ccccc2OCC(=O)NCCc2ccccc2)NC(=S)N1. The topological polar surface area (TPSA) is 88.7 Å². The molecular formula is C26H31N3O4S. The molecule has 1 amide bonds. The molecule has 0 radical (unpaired) electrons. The van der Waals surface area contributed by atoms with Crippen molar-refractivity contribution in [2.24, 2.45) is 0 Å². The predicted octanol–water partition coefficient (Wildman–Crippen LogP) is 3.56. The quantitative estimate of drug-likeness (QED) is 0.334. The average molecular weight is 482 g/mol. The molecule has 7 nitrogen and oxygen atoms in total. The summed E-state index contributed by atoms with van der Waals surface area (Å²) >= 11 is 5.40. The lowest BCUT2D eigenvalue weighted by Gasteiger charge is -2.31. The van der Waals surface area contributed by atoms with E-state index in [-0.39, 0.29) is 19.1 Å². The van der Waals surface area contributed by atoms with E-state index < -0.39 is 12.0 Å².